The molecule has 110 valence electrons. The van der Waals surface area contributed by atoms with Crippen molar-refractivity contribution in [2.24, 2.45) is 5.73 Å². The van der Waals surface area contributed by atoms with Crippen LogP contribution in [0.5, 0.6) is 0 Å². The second-order valence-corrected chi connectivity index (χ2v) is 5.52. The van der Waals surface area contributed by atoms with Gasteiger partial charge in [-0.25, -0.2) is 0 Å². The van der Waals surface area contributed by atoms with Gasteiger partial charge in [0.05, 0.1) is 12.1 Å². The van der Waals surface area contributed by atoms with Gasteiger partial charge in [0, 0.05) is 11.6 Å². The Kier molecular flexibility index (Phi) is 5.40. The monoisotopic (exact) mass is 296 g/mol. The Balaban J connectivity index is 1.96. The van der Waals surface area contributed by atoms with E-state index in [4.69, 9.17) is 22.1 Å². The fourth-order valence-corrected chi connectivity index (χ4v) is 2.58. The molecule has 3 N–H and O–H groups in total. The van der Waals surface area contributed by atoms with Gasteiger partial charge in [-0.15, -0.1) is 0 Å². The summed E-state index contributed by atoms with van der Waals surface area (Å²) in [5.41, 5.74) is 6.61. The van der Waals surface area contributed by atoms with Crippen LogP contribution in [0.2, 0.25) is 5.02 Å². The molecule has 1 aliphatic heterocycles. The molecular weight excluding hydrogens is 276 g/mol. The Labute approximate surface area is 124 Å². The third kappa shape index (κ3) is 3.72. The first-order valence-corrected chi connectivity index (χ1v) is 7.43. The van der Waals surface area contributed by atoms with Crippen molar-refractivity contribution in [2.45, 2.75) is 44.4 Å². The molecule has 1 heterocycles. The molecule has 1 aromatic rings. The van der Waals surface area contributed by atoms with Crippen LogP contribution in [0.4, 0.5) is 0 Å². The highest BCUT2D eigenvalue weighted by molar-refractivity contribution is 6.30. The summed E-state index contributed by atoms with van der Waals surface area (Å²) in [6, 6.07) is 7.54. The van der Waals surface area contributed by atoms with Gasteiger partial charge in [0.2, 0.25) is 5.91 Å². The molecule has 1 aliphatic rings. The summed E-state index contributed by atoms with van der Waals surface area (Å²) in [5, 5.41) is 3.74. The molecule has 4 nitrogen and oxygen atoms in total. The van der Waals surface area contributed by atoms with E-state index in [0.29, 0.717) is 11.6 Å². The van der Waals surface area contributed by atoms with E-state index in [0.717, 1.165) is 24.8 Å². The average Bonchev–Trinajstić information content (AvgIpc) is 2.94. The van der Waals surface area contributed by atoms with Crippen LogP contribution in [0.25, 0.3) is 0 Å². The van der Waals surface area contributed by atoms with E-state index in [1.54, 1.807) is 0 Å². The molecule has 5 heteroatoms. The van der Waals surface area contributed by atoms with Gasteiger partial charge in [-0.2, -0.15) is 0 Å². The number of carbonyl (C=O) groups is 1. The molecule has 0 aliphatic carbocycles. The summed E-state index contributed by atoms with van der Waals surface area (Å²) in [4.78, 5) is 12.2. The molecule has 2 rings (SSSR count). The van der Waals surface area contributed by atoms with Gasteiger partial charge in [0.1, 0.15) is 6.10 Å². The van der Waals surface area contributed by atoms with Gasteiger partial charge < -0.3 is 15.8 Å². The Morgan fingerprint density at radius 2 is 2.15 bits per heavy atom. The van der Waals surface area contributed by atoms with Crippen molar-refractivity contribution < 1.29 is 9.53 Å². The number of nitrogens with one attached hydrogen (secondary N) is 1. The summed E-state index contributed by atoms with van der Waals surface area (Å²) >= 11 is 5.88. The lowest BCUT2D eigenvalue weighted by Crippen LogP contribution is -2.37. The van der Waals surface area contributed by atoms with Crippen molar-refractivity contribution in [2.75, 3.05) is 6.54 Å². The van der Waals surface area contributed by atoms with E-state index in [1.165, 1.54) is 0 Å². The number of benzene rings is 1. The molecule has 1 fully saturated rings. The van der Waals surface area contributed by atoms with Gasteiger partial charge >= 0.3 is 0 Å². The Bertz CT molecular complexity index is 450. The highest BCUT2D eigenvalue weighted by Gasteiger charge is 2.30. The van der Waals surface area contributed by atoms with E-state index in [9.17, 15) is 4.79 Å². The number of halogens is 1. The zero-order valence-electron chi connectivity index (χ0n) is 11.6. The van der Waals surface area contributed by atoms with E-state index >= 15 is 0 Å². The van der Waals surface area contributed by atoms with Gasteiger partial charge in [0.25, 0.3) is 0 Å². The number of nitrogens with two attached hydrogens (primary N) is 1. The SMILES string of the molecule is CCC(NC(=O)[C@@H]1CC[C@H](CN)O1)c1ccc(Cl)cc1. The van der Waals surface area contributed by atoms with Crippen molar-refractivity contribution in [3.8, 4) is 0 Å². The van der Waals surface area contributed by atoms with E-state index in [-0.39, 0.29) is 24.2 Å². The molecule has 20 heavy (non-hydrogen) atoms. The maximum atomic E-state index is 12.2. The highest BCUT2D eigenvalue weighted by Crippen LogP contribution is 2.22. The first-order valence-electron chi connectivity index (χ1n) is 7.05. The van der Waals surface area contributed by atoms with Crippen LogP contribution in [-0.4, -0.2) is 24.7 Å². The molecule has 1 unspecified atom stereocenters. The average molecular weight is 297 g/mol. The molecule has 0 saturated carbocycles. The fourth-order valence-electron chi connectivity index (χ4n) is 2.45. The molecule has 1 saturated heterocycles. The molecule has 0 aromatic heterocycles. The van der Waals surface area contributed by atoms with Crippen LogP contribution in [0.15, 0.2) is 24.3 Å². The normalized spacial score (nSPS) is 23.6. The van der Waals surface area contributed by atoms with Crippen molar-refractivity contribution in [3.05, 3.63) is 34.9 Å². The molecular formula is C15H21ClN2O2. The first-order chi connectivity index (χ1) is 9.63. The third-order valence-corrected chi connectivity index (χ3v) is 3.91. The number of ether oxygens (including phenoxy) is 1. The summed E-state index contributed by atoms with van der Waals surface area (Å²) in [5.74, 6) is -0.0530. The Hall–Kier alpha value is -1.10. The van der Waals surface area contributed by atoms with Crippen LogP contribution in [0.3, 0.4) is 0 Å². The van der Waals surface area contributed by atoms with E-state index < -0.39 is 0 Å². The third-order valence-electron chi connectivity index (χ3n) is 3.66. The number of carbonyl (C=O) groups excluding carboxylic acids is 1. The standard InChI is InChI=1S/C15H21ClN2O2/c1-2-13(10-3-5-11(16)6-4-10)18-15(19)14-8-7-12(9-17)20-14/h3-6,12-14H,2,7-9,17H2,1H3,(H,18,19)/t12-,13?,14+/m1/s1. The smallest absolute Gasteiger partial charge is 0.249 e. The first kappa shape index (κ1) is 15.3. The fraction of sp³-hybridized carbons (Fsp3) is 0.533. The minimum absolute atomic E-state index is 0.0136. The minimum Gasteiger partial charge on any atom is -0.364 e. The van der Waals surface area contributed by atoms with Crippen molar-refractivity contribution in [1.82, 2.24) is 5.32 Å². The largest absolute Gasteiger partial charge is 0.364 e. The van der Waals surface area contributed by atoms with E-state index in [1.807, 2.05) is 31.2 Å². The molecule has 1 aromatic carbocycles. The van der Waals surface area contributed by atoms with Crippen LogP contribution in [-0.2, 0) is 9.53 Å². The lowest BCUT2D eigenvalue weighted by atomic mass is 10.0. The predicted molar refractivity (Wildman–Crippen MR) is 79.6 cm³/mol. The maximum Gasteiger partial charge on any atom is 0.249 e. The number of hydrogen-bond acceptors (Lipinski definition) is 3. The van der Waals surface area contributed by atoms with Crippen LogP contribution >= 0.6 is 11.6 Å². The van der Waals surface area contributed by atoms with Crippen LogP contribution in [0, 0.1) is 0 Å². The van der Waals surface area contributed by atoms with Crippen molar-refractivity contribution in [3.63, 3.8) is 0 Å². The summed E-state index contributed by atoms with van der Waals surface area (Å²) in [7, 11) is 0. The van der Waals surface area contributed by atoms with Gasteiger partial charge in [-0.3, -0.25) is 4.79 Å². The lowest BCUT2D eigenvalue weighted by Gasteiger charge is -2.20. The minimum atomic E-state index is -0.370. The van der Waals surface area contributed by atoms with Gasteiger partial charge in [-0.1, -0.05) is 30.7 Å². The molecule has 0 bridgehead atoms. The van der Waals surface area contributed by atoms with Gasteiger partial charge in [0.15, 0.2) is 0 Å². The Morgan fingerprint density at radius 3 is 2.70 bits per heavy atom. The van der Waals surface area contributed by atoms with Gasteiger partial charge in [-0.05, 0) is 37.0 Å². The number of hydrogen-bond donors (Lipinski definition) is 2. The molecule has 3 atom stereocenters. The summed E-state index contributed by atoms with van der Waals surface area (Å²) < 4.78 is 5.61. The number of amides is 1. The topological polar surface area (TPSA) is 64.4 Å². The zero-order valence-corrected chi connectivity index (χ0v) is 12.4. The number of rotatable bonds is 5. The van der Waals surface area contributed by atoms with Crippen molar-refractivity contribution in [1.29, 1.82) is 0 Å². The Morgan fingerprint density at radius 1 is 1.45 bits per heavy atom. The van der Waals surface area contributed by atoms with Crippen LogP contribution in [0.1, 0.15) is 37.8 Å². The quantitative estimate of drug-likeness (QED) is 0.877. The molecule has 1 amide bonds. The van der Waals surface area contributed by atoms with Crippen LogP contribution < -0.4 is 11.1 Å². The molecule has 0 radical (unpaired) electrons. The second kappa shape index (κ2) is 7.07. The second-order valence-electron chi connectivity index (χ2n) is 5.08. The zero-order chi connectivity index (χ0) is 14.5. The predicted octanol–water partition coefficient (Wildman–Crippen LogP) is 2.41. The van der Waals surface area contributed by atoms with E-state index in [2.05, 4.69) is 5.32 Å². The maximum absolute atomic E-state index is 12.2. The lowest BCUT2D eigenvalue weighted by molar-refractivity contribution is -0.132. The van der Waals surface area contributed by atoms with Crippen molar-refractivity contribution >= 4 is 17.5 Å². The summed E-state index contributed by atoms with van der Waals surface area (Å²) in [6.07, 6.45) is 2.06. The molecule has 0 spiro atoms. The highest BCUT2D eigenvalue weighted by atomic mass is 35.5. The summed E-state index contributed by atoms with van der Waals surface area (Å²) in [6.45, 7) is 2.51.